The van der Waals surface area contributed by atoms with Crippen LogP contribution >= 0.6 is 11.8 Å². The Hall–Kier alpha value is -2.52. The van der Waals surface area contributed by atoms with Crippen LogP contribution in [-0.2, 0) is 11.2 Å². The van der Waals surface area contributed by atoms with Gasteiger partial charge in [-0.3, -0.25) is 4.79 Å². The molecule has 0 aliphatic heterocycles. The summed E-state index contributed by atoms with van der Waals surface area (Å²) in [5.74, 6) is 0.948. The van der Waals surface area contributed by atoms with E-state index in [-0.39, 0.29) is 5.91 Å². The Balaban J connectivity index is 1.42. The first-order valence-electron chi connectivity index (χ1n) is 8.81. The summed E-state index contributed by atoms with van der Waals surface area (Å²) in [6.45, 7) is 2.76. The molecule has 0 fully saturated rings. The molecule has 0 aliphatic carbocycles. The minimum atomic E-state index is 0.0713. The van der Waals surface area contributed by atoms with Gasteiger partial charge in [0.05, 0.1) is 6.42 Å². The fourth-order valence-electron chi connectivity index (χ4n) is 2.69. The lowest BCUT2D eigenvalue weighted by Gasteiger charge is -2.07. The first-order valence-corrected chi connectivity index (χ1v) is 9.80. The number of hydrogen-bond donors (Lipinski definition) is 1. The number of nitrogens with one attached hydrogen (secondary N) is 1. The molecule has 132 valence electrons. The Bertz CT molecular complexity index is 826. The highest BCUT2D eigenvalue weighted by molar-refractivity contribution is 7.99. The maximum Gasteiger partial charge on any atom is 0.224 e. The summed E-state index contributed by atoms with van der Waals surface area (Å²) in [4.78, 5) is 13.3. The average molecular weight is 362 g/mol. The van der Waals surface area contributed by atoms with E-state index < -0.39 is 0 Å². The number of thioether (sulfide) groups is 1. The molecule has 0 spiro atoms. The molecule has 2 nitrogen and oxygen atoms in total. The van der Waals surface area contributed by atoms with E-state index in [2.05, 4.69) is 60.8 Å². The smallest absolute Gasteiger partial charge is 0.224 e. The van der Waals surface area contributed by atoms with Crippen molar-refractivity contribution in [3.05, 3.63) is 90.0 Å². The van der Waals surface area contributed by atoms with Crippen molar-refractivity contribution >= 4 is 17.7 Å². The van der Waals surface area contributed by atoms with Crippen molar-refractivity contribution in [1.82, 2.24) is 5.32 Å². The van der Waals surface area contributed by atoms with Crippen molar-refractivity contribution in [3.8, 4) is 11.1 Å². The van der Waals surface area contributed by atoms with Gasteiger partial charge in [-0.25, -0.2) is 0 Å². The standard InChI is InChI=1S/C23H23NOS/c1-18-7-13-22(14-8-18)26-16-15-24-23(25)17-19-9-11-21(12-10-19)20-5-3-2-4-6-20/h2-14H,15-17H2,1H3,(H,24,25). The molecule has 0 radical (unpaired) electrons. The summed E-state index contributed by atoms with van der Waals surface area (Å²) in [5.41, 5.74) is 4.66. The van der Waals surface area contributed by atoms with E-state index >= 15 is 0 Å². The van der Waals surface area contributed by atoms with Crippen LogP contribution in [0.5, 0.6) is 0 Å². The van der Waals surface area contributed by atoms with E-state index in [1.165, 1.54) is 21.6 Å². The van der Waals surface area contributed by atoms with E-state index in [9.17, 15) is 4.79 Å². The number of carbonyl (C=O) groups is 1. The summed E-state index contributed by atoms with van der Waals surface area (Å²) in [6, 6.07) is 26.9. The topological polar surface area (TPSA) is 29.1 Å². The van der Waals surface area contributed by atoms with Crippen LogP contribution in [0.2, 0.25) is 0 Å². The maximum atomic E-state index is 12.1. The summed E-state index contributed by atoms with van der Waals surface area (Å²) in [6.07, 6.45) is 0.421. The second kappa shape index (κ2) is 9.25. The highest BCUT2D eigenvalue weighted by atomic mass is 32.2. The van der Waals surface area contributed by atoms with Gasteiger partial charge in [-0.2, -0.15) is 0 Å². The number of aryl methyl sites for hydroxylation is 1. The highest BCUT2D eigenvalue weighted by Crippen LogP contribution is 2.19. The molecule has 3 heteroatoms. The molecular weight excluding hydrogens is 338 g/mol. The van der Waals surface area contributed by atoms with Gasteiger partial charge in [0.15, 0.2) is 0 Å². The van der Waals surface area contributed by atoms with Crippen molar-refractivity contribution < 1.29 is 4.79 Å². The lowest BCUT2D eigenvalue weighted by Crippen LogP contribution is -2.27. The van der Waals surface area contributed by atoms with Crippen molar-refractivity contribution in [1.29, 1.82) is 0 Å². The quantitative estimate of drug-likeness (QED) is 0.468. The van der Waals surface area contributed by atoms with Crippen molar-refractivity contribution in [2.24, 2.45) is 0 Å². The lowest BCUT2D eigenvalue weighted by atomic mass is 10.0. The van der Waals surface area contributed by atoms with Gasteiger partial charge in [-0.05, 0) is 35.7 Å². The second-order valence-electron chi connectivity index (χ2n) is 6.25. The third kappa shape index (κ3) is 5.50. The Morgan fingerprint density at radius 3 is 2.19 bits per heavy atom. The molecule has 26 heavy (non-hydrogen) atoms. The minimum Gasteiger partial charge on any atom is -0.355 e. The zero-order valence-electron chi connectivity index (χ0n) is 14.9. The van der Waals surface area contributed by atoms with E-state index in [0.717, 1.165) is 11.3 Å². The largest absolute Gasteiger partial charge is 0.355 e. The molecule has 1 amide bonds. The zero-order valence-corrected chi connectivity index (χ0v) is 15.8. The first kappa shape index (κ1) is 18.3. The van der Waals surface area contributed by atoms with Crippen LogP contribution in [-0.4, -0.2) is 18.2 Å². The van der Waals surface area contributed by atoms with Crippen LogP contribution in [0, 0.1) is 6.92 Å². The van der Waals surface area contributed by atoms with Crippen LogP contribution < -0.4 is 5.32 Å². The first-order chi connectivity index (χ1) is 12.7. The highest BCUT2D eigenvalue weighted by Gasteiger charge is 2.04. The molecule has 0 aromatic heterocycles. The Labute approximate surface area is 159 Å². The molecule has 0 unspecified atom stereocenters. The van der Waals surface area contributed by atoms with Crippen LogP contribution in [0.25, 0.3) is 11.1 Å². The van der Waals surface area contributed by atoms with E-state index in [1.54, 1.807) is 11.8 Å². The van der Waals surface area contributed by atoms with Crippen molar-refractivity contribution in [2.75, 3.05) is 12.3 Å². The van der Waals surface area contributed by atoms with Gasteiger partial charge in [0.1, 0.15) is 0 Å². The fourth-order valence-corrected chi connectivity index (χ4v) is 3.46. The molecule has 3 rings (SSSR count). The Morgan fingerprint density at radius 1 is 0.846 bits per heavy atom. The number of amides is 1. The maximum absolute atomic E-state index is 12.1. The van der Waals surface area contributed by atoms with E-state index in [0.29, 0.717) is 13.0 Å². The molecule has 0 heterocycles. The molecular formula is C23H23NOS. The van der Waals surface area contributed by atoms with E-state index in [4.69, 9.17) is 0 Å². The Morgan fingerprint density at radius 2 is 1.50 bits per heavy atom. The normalized spacial score (nSPS) is 10.5. The average Bonchev–Trinajstić information content (AvgIpc) is 2.68. The molecule has 0 bridgehead atoms. The molecule has 3 aromatic carbocycles. The van der Waals surface area contributed by atoms with Gasteiger partial charge in [-0.1, -0.05) is 72.3 Å². The lowest BCUT2D eigenvalue weighted by molar-refractivity contribution is -0.120. The molecule has 0 saturated heterocycles. The molecule has 3 aromatic rings. The minimum absolute atomic E-state index is 0.0713. The second-order valence-corrected chi connectivity index (χ2v) is 7.42. The number of rotatable bonds is 7. The van der Waals surface area contributed by atoms with Crippen LogP contribution in [0.15, 0.2) is 83.8 Å². The summed E-state index contributed by atoms with van der Waals surface area (Å²) < 4.78 is 0. The van der Waals surface area contributed by atoms with E-state index in [1.807, 2.05) is 30.3 Å². The summed E-state index contributed by atoms with van der Waals surface area (Å²) >= 11 is 1.76. The molecule has 0 atom stereocenters. The van der Waals surface area contributed by atoms with Gasteiger partial charge in [0.2, 0.25) is 5.91 Å². The van der Waals surface area contributed by atoms with Gasteiger partial charge < -0.3 is 5.32 Å². The third-order valence-corrected chi connectivity index (χ3v) is 5.15. The monoisotopic (exact) mass is 361 g/mol. The van der Waals surface area contributed by atoms with Crippen molar-refractivity contribution in [2.45, 2.75) is 18.2 Å². The molecule has 1 N–H and O–H groups in total. The Kier molecular flexibility index (Phi) is 6.50. The van der Waals surface area contributed by atoms with Crippen molar-refractivity contribution in [3.63, 3.8) is 0 Å². The summed E-state index contributed by atoms with van der Waals surface area (Å²) in [5, 5.41) is 3.00. The summed E-state index contributed by atoms with van der Waals surface area (Å²) in [7, 11) is 0. The molecule has 0 saturated carbocycles. The van der Waals surface area contributed by atoms with Crippen LogP contribution in [0.4, 0.5) is 0 Å². The van der Waals surface area contributed by atoms with Gasteiger partial charge in [-0.15, -0.1) is 11.8 Å². The van der Waals surface area contributed by atoms with Crippen LogP contribution in [0.3, 0.4) is 0 Å². The van der Waals surface area contributed by atoms with Crippen LogP contribution in [0.1, 0.15) is 11.1 Å². The number of hydrogen-bond acceptors (Lipinski definition) is 2. The molecule has 0 aliphatic rings. The van der Waals surface area contributed by atoms with Gasteiger partial charge >= 0.3 is 0 Å². The SMILES string of the molecule is Cc1ccc(SCCNC(=O)Cc2ccc(-c3ccccc3)cc2)cc1. The van der Waals surface area contributed by atoms with Gasteiger partial charge in [0.25, 0.3) is 0 Å². The third-order valence-electron chi connectivity index (χ3n) is 4.14. The number of carbonyl (C=O) groups excluding carboxylic acids is 1. The predicted molar refractivity (Wildman–Crippen MR) is 110 cm³/mol. The zero-order chi connectivity index (χ0) is 18.2. The van der Waals surface area contributed by atoms with Gasteiger partial charge in [0, 0.05) is 17.2 Å². The predicted octanol–water partition coefficient (Wildman–Crippen LogP) is 5.11. The fraction of sp³-hybridized carbons (Fsp3) is 0.174. The number of benzene rings is 3.